The number of aryl methyl sites for hydroxylation is 4. The van der Waals surface area contributed by atoms with Gasteiger partial charge in [-0.05, 0) is 32.5 Å². The maximum absolute atomic E-state index is 9.33. The predicted molar refractivity (Wildman–Crippen MR) is 64.0 cm³/mol. The third-order valence-electron chi connectivity index (χ3n) is 2.64. The van der Waals surface area contributed by atoms with E-state index in [0.717, 1.165) is 27.7 Å². The van der Waals surface area contributed by atoms with Crippen molar-refractivity contribution in [2.24, 2.45) is 7.05 Å². The van der Waals surface area contributed by atoms with Gasteiger partial charge in [0.2, 0.25) is 0 Å². The van der Waals surface area contributed by atoms with E-state index in [9.17, 15) is 5.11 Å². The Bertz CT molecular complexity index is 526. The lowest BCUT2D eigenvalue weighted by atomic mass is 10.3. The highest BCUT2D eigenvalue weighted by Crippen LogP contribution is 2.31. The number of rotatable bonds is 3. The van der Waals surface area contributed by atoms with Gasteiger partial charge in [0.15, 0.2) is 0 Å². The Morgan fingerprint density at radius 1 is 1.29 bits per heavy atom. The van der Waals surface area contributed by atoms with Crippen LogP contribution < -0.4 is 0 Å². The summed E-state index contributed by atoms with van der Waals surface area (Å²) < 4.78 is 7.25. The topological polar surface area (TPSA) is 64.1 Å². The number of oxazole rings is 1. The van der Waals surface area contributed by atoms with Gasteiger partial charge in [-0.15, -0.1) is 0 Å². The van der Waals surface area contributed by atoms with Crippen LogP contribution in [0.4, 0.5) is 0 Å². The molecule has 1 N–H and O–H groups in total. The standard InChI is InChI=1S/C11H15N3O2S/c1-6-8(3)16-11(12-6)17-10-9(5-15)7(2)13-14(10)4/h15H,5H2,1-4H3. The maximum atomic E-state index is 9.33. The van der Waals surface area contributed by atoms with Gasteiger partial charge in [0.1, 0.15) is 10.8 Å². The quantitative estimate of drug-likeness (QED) is 0.906. The molecule has 0 fully saturated rings. The molecule has 0 unspecified atom stereocenters. The van der Waals surface area contributed by atoms with Crippen molar-refractivity contribution in [1.29, 1.82) is 0 Å². The molecule has 6 heteroatoms. The Hall–Kier alpha value is -1.27. The van der Waals surface area contributed by atoms with Crippen LogP contribution in [0.25, 0.3) is 0 Å². The van der Waals surface area contributed by atoms with Crippen molar-refractivity contribution in [1.82, 2.24) is 14.8 Å². The van der Waals surface area contributed by atoms with Gasteiger partial charge in [-0.1, -0.05) is 0 Å². The summed E-state index contributed by atoms with van der Waals surface area (Å²) >= 11 is 1.38. The van der Waals surface area contributed by atoms with Crippen molar-refractivity contribution in [2.45, 2.75) is 37.6 Å². The van der Waals surface area contributed by atoms with Gasteiger partial charge < -0.3 is 9.52 Å². The molecular formula is C11H15N3O2S. The lowest BCUT2D eigenvalue weighted by Crippen LogP contribution is -1.93. The highest BCUT2D eigenvalue weighted by Gasteiger charge is 2.16. The molecule has 2 rings (SSSR count). The third-order valence-corrected chi connectivity index (χ3v) is 3.69. The van der Waals surface area contributed by atoms with Gasteiger partial charge in [-0.2, -0.15) is 5.10 Å². The van der Waals surface area contributed by atoms with Gasteiger partial charge >= 0.3 is 0 Å². The van der Waals surface area contributed by atoms with Crippen LogP contribution in [0.15, 0.2) is 14.7 Å². The van der Waals surface area contributed by atoms with Gasteiger partial charge in [0, 0.05) is 12.6 Å². The lowest BCUT2D eigenvalue weighted by molar-refractivity contribution is 0.277. The number of hydrogen-bond donors (Lipinski definition) is 1. The average Bonchev–Trinajstić information content (AvgIpc) is 2.70. The van der Waals surface area contributed by atoms with Crippen molar-refractivity contribution in [3.05, 3.63) is 22.7 Å². The highest BCUT2D eigenvalue weighted by atomic mass is 32.2. The smallest absolute Gasteiger partial charge is 0.262 e. The summed E-state index contributed by atoms with van der Waals surface area (Å²) in [7, 11) is 1.84. The molecule has 0 aliphatic carbocycles. The summed E-state index contributed by atoms with van der Waals surface area (Å²) in [5, 5.41) is 15.1. The van der Waals surface area contributed by atoms with Crippen molar-refractivity contribution in [3.63, 3.8) is 0 Å². The molecule has 17 heavy (non-hydrogen) atoms. The molecule has 0 saturated heterocycles. The molecule has 0 radical (unpaired) electrons. The van der Waals surface area contributed by atoms with E-state index >= 15 is 0 Å². The first kappa shape index (κ1) is 12.2. The Morgan fingerprint density at radius 2 is 2.00 bits per heavy atom. The van der Waals surface area contributed by atoms with Gasteiger partial charge in [-0.25, -0.2) is 4.98 Å². The van der Waals surface area contributed by atoms with Crippen molar-refractivity contribution >= 4 is 11.8 Å². The zero-order valence-corrected chi connectivity index (χ0v) is 11.1. The van der Waals surface area contributed by atoms with E-state index in [2.05, 4.69) is 10.1 Å². The molecule has 0 amide bonds. The van der Waals surface area contributed by atoms with E-state index in [1.807, 2.05) is 27.8 Å². The number of aliphatic hydroxyl groups is 1. The molecule has 0 bridgehead atoms. The second-order valence-electron chi connectivity index (χ2n) is 3.87. The minimum Gasteiger partial charge on any atom is -0.436 e. The van der Waals surface area contributed by atoms with Crippen LogP contribution in [-0.2, 0) is 13.7 Å². The molecule has 0 saturated carbocycles. The van der Waals surface area contributed by atoms with Gasteiger partial charge in [0.05, 0.1) is 18.0 Å². The predicted octanol–water partition coefficient (Wildman–Crippen LogP) is 1.98. The first-order valence-corrected chi connectivity index (χ1v) is 6.09. The molecule has 0 aliphatic rings. The van der Waals surface area contributed by atoms with Crippen molar-refractivity contribution in [3.8, 4) is 0 Å². The van der Waals surface area contributed by atoms with Crippen LogP contribution in [0.5, 0.6) is 0 Å². The Morgan fingerprint density at radius 3 is 2.53 bits per heavy atom. The number of nitrogens with zero attached hydrogens (tertiary/aromatic N) is 3. The second kappa shape index (κ2) is 4.54. The average molecular weight is 253 g/mol. The Kier molecular flexibility index (Phi) is 3.26. The molecule has 92 valence electrons. The second-order valence-corrected chi connectivity index (χ2v) is 4.81. The summed E-state index contributed by atoms with van der Waals surface area (Å²) in [5.74, 6) is 0.817. The van der Waals surface area contributed by atoms with E-state index in [1.54, 1.807) is 4.68 Å². The molecule has 0 spiro atoms. The van der Waals surface area contributed by atoms with Crippen LogP contribution in [-0.4, -0.2) is 19.9 Å². The summed E-state index contributed by atoms with van der Waals surface area (Å²) in [6.07, 6.45) is 0. The Balaban J connectivity index is 2.35. The van der Waals surface area contributed by atoms with E-state index in [4.69, 9.17) is 4.42 Å². The minimum atomic E-state index is -0.0271. The van der Waals surface area contributed by atoms with E-state index in [0.29, 0.717) is 5.22 Å². The highest BCUT2D eigenvalue weighted by molar-refractivity contribution is 7.99. The molecule has 2 heterocycles. The van der Waals surface area contributed by atoms with Gasteiger partial charge in [-0.3, -0.25) is 4.68 Å². The van der Waals surface area contributed by atoms with Gasteiger partial charge in [0.25, 0.3) is 5.22 Å². The molecule has 0 aliphatic heterocycles. The van der Waals surface area contributed by atoms with Crippen LogP contribution in [0.2, 0.25) is 0 Å². The first-order chi connectivity index (χ1) is 8.02. The van der Waals surface area contributed by atoms with E-state index < -0.39 is 0 Å². The summed E-state index contributed by atoms with van der Waals surface area (Å²) in [4.78, 5) is 4.30. The maximum Gasteiger partial charge on any atom is 0.262 e. The zero-order valence-electron chi connectivity index (χ0n) is 10.3. The molecular weight excluding hydrogens is 238 g/mol. The molecule has 5 nitrogen and oxygen atoms in total. The normalized spacial score (nSPS) is 11.1. The SMILES string of the molecule is Cc1nc(Sc2c(CO)c(C)nn2C)oc1C. The minimum absolute atomic E-state index is 0.0271. The molecule has 2 aromatic heterocycles. The van der Waals surface area contributed by atoms with Crippen LogP contribution in [0, 0.1) is 20.8 Å². The molecule has 0 aromatic carbocycles. The first-order valence-electron chi connectivity index (χ1n) is 5.28. The Labute approximate surface area is 104 Å². The third kappa shape index (κ3) is 2.23. The van der Waals surface area contributed by atoms with Crippen molar-refractivity contribution < 1.29 is 9.52 Å². The largest absolute Gasteiger partial charge is 0.436 e. The van der Waals surface area contributed by atoms with Crippen LogP contribution in [0.3, 0.4) is 0 Å². The fourth-order valence-electron chi connectivity index (χ4n) is 1.56. The van der Waals surface area contributed by atoms with Crippen LogP contribution in [0.1, 0.15) is 22.7 Å². The van der Waals surface area contributed by atoms with Crippen LogP contribution >= 0.6 is 11.8 Å². The fourth-order valence-corrected chi connectivity index (χ4v) is 2.58. The number of hydrogen-bond acceptors (Lipinski definition) is 5. The monoisotopic (exact) mass is 253 g/mol. The summed E-state index contributed by atoms with van der Waals surface area (Å²) in [6.45, 7) is 5.64. The van der Waals surface area contributed by atoms with E-state index in [1.165, 1.54) is 11.8 Å². The number of aliphatic hydroxyl groups excluding tert-OH is 1. The number of aromatic nitrogens is 3. The van der Waals surface area contributed by atoms with Crippen molar-refractivity contribution in [2.75, 3.05) is 0 Å². The van der Waals surface area contributed by atoms with E-state index in [-0.39, 0.29) is 6.61 Å². The summed E-state index contributed by atoms with van der Waals surface area (Å²) in [6, 6.07) is 0. The zero-order chi connectivity index (χ0) is 12.6. The molecule has 2 aromatic rings. The summed E-state index contributed by atoms with van der Waals surface area (Å²) in [5.41, 5.74) is 2.54. The lowest BCUT2D eigenvalue weighted by Gasteiger charge is -2.00. The molecule has 0 atom stereocenters. The fraction of sp³-hybridized carbons (Fsp3) is 0.455.